The number of aromatic nitrogens is 1. The Morgan fingerprint density at radius 1 is 1.13 bits per heavy atom. The van der Waals surface area contributed by atoms with Crippen LogP contribution in [0.1, 0.15) is 33.3 Å². The summed E-state index contributed by atoms with van der Waals surface area (Å²) in [6, 6.07) is 13.0. The molecule has 0 unspecified atom stereocenters. The number of aromatic amines is 1. The van der Waals surface area contributed by atoms with Gasteiger partial charge in [-0.3, -0.25) is 9.59 Å². The van der Waals surface area contributed by atoms with Crippen molar-refractivity contribution < 1.29 is 14.3 Å². The number of rotatable bonds is 5. The fraction of sp³-hybridized carbons (Fsp3) is 0.304. The summed E-state index contributed by atoms with van der Waals surface area (Å²) in [5.41, 5.74) is 3.54. The highest BCUT2D eigenvalue weighted by molar-refractivity contribution is 7.99. The van der Waals surface area contributed by atoms with Crippen LogP contribution in [0.4, 0.5) is 5.69 Å². The average molecular weight is 424 g/mol. The van der Waals surface area contributed by atoms with Gasteiger partial charge in [0.15, 0.2) is 0 Å². The molecule has 0 aliphatic carbocycles. The van der Waals surface area contributed by atoms with E-state index in [1.54, 1.807) is 12.1 Å². The largest absolute Gasteiger partial charge is 0.494 e. The minimum Gasteiger partial charge on any atom is -0.494 e. The molecule has 4 rings (SSSR count). The van der Waals surface area contributed by atoms with E-state index in [1.807, 2.05) is 60.8 Å². The number of hydrogen-bond acceptors (Lipinski definition) is 4. The van der Waals surface area contributed by atoms with Crippen molar-refractivity contribution >= 4 is 40.2 Å². The number of nitrogens with one attached hydrogen (secondary N) is 2. The zero-order valence-corrected chi connectivity index (χ0v) is 18.0. The molecule has 6 nitrogen and oxygen atoms in total. The molecule has 0 bridgehead atoms. The molecule has 2 N–H and O–H groups in total. The van der Waals surface area contributed by atoms with Gasteiger partial charge in [-0.1, -0.05) is 0 Å². The molecular formula is C23H25N3O3S. The Morgan fingerprint density at radius 3 is 2.67 bits per heavy atom. The van der Waals surface area contributed by atoms with Crippen molar-refractivity contribution in [1.82, 2.24) is 9.88 Å². The zero-order chi connectivity index (χ0) is 21.1. The summed E-state index contributed by atoms with van der Waals surface area (Å²) in [6.45, 7) is 6.00. The number of fused-ring (bicyclic) bond motifs is 1. The lowest BCUT2D eigenvalue weighted by atomic mass is 10.1. The van der Waals surface area contributed by atoms with Crippen molar-refractivity contribution in [3.63, 3.8) is 0 Å². The molecular weight excluding hydrogens is 398 g/mol. The number of benzene rings is 2. The van der Waals surface area contributed by atoms with Gasteiger partial charge in [0.1, 0.15) is 11.4 Å². The van der Waals surface area contributed by atoms with Crippen molar-refractivity contribution in [1.29, 1.82) is 0 Å². The van der Waals surface area contributed by atoms with Gasteiger partial charge in [0, 0.05) is 52.8 Å². The maximum atomic E-state index is 12.8. The van der Waals surface area contributed by atoms with E-state index in [-0.39, 0.29) is 11.8 Å². The lowest BCUT2D eigenvalue weighted by Crippen LogP contribution is -2.37. The number of carbonyl (C=O) groups excluding carboxylic acids is 2. The summed E-state index contributed by atoms with van der Waals surface area (Å²) >= 11 is 1.87. The molecule has 1 aromatic heterocycles. The van der Waals surface area contributed by atoms with Crippen LogP contribution in [-0.4, -0.2) is 52.9 Å². The third-order valence-corrected chi connectivity index (χ3v) is 6.11. The van der Waals surface area contributed by atoms with Gasteiger partial charge in [-0.05, 0) is 55.8 Å². The Labute approximate surface area is 180 Å². The second kappa shape index (κ2) is 8.83. The quantitative estimate of drug-likeness (QED) is 0.641. The first-order chi connectivity index (χ1) is 14.5. The first-order valence-corrected chi connectivity index (χ1v) is 11.2. The first-order valence-electron chi connectivity index (χ1n) is 10.1. The van der Waals surface area contributed by atoms with E-state index < -0.39 is 0 Å². The molecule has 0 atom stereocenters. The van der Waals surface area contributed by atoms with E-state index in [9.17, 15) is 9.59 Å². The number of hydrogen-bond donors (Lipinski definition) is 2. The van der Waals surface area contributed by atoms with Crippen LogP contribution in [0.15, 0.2) is 42.5 Å². The van der Waals surface area contributed by atoms with Crippen LogP contribution >= 0.6 is 11.8 Å². The maximum absolute atomic E-state index is 12.8. The van der Waals surface area contributed by atoms with Crippen LogP contribution in [0.2, 0.25) is 0 Å². The summed E-state index contributed by atoms with van der Waals surface area (Å²) < 4.78 is 5.52. The van der Waals surface area contributed by atoms with Gasteiger partial charge in [0.25, 0.3) is 11.8 Å². The molecule has 2 aromatic carbocycles. The monoisotopic (exact) mass is 423 g/mol. The van der Waals surface area contributed by atoms with Gasteiger partial charge in [-0.15, -0.1) is 0 Å². The highest BCUT2D eigenvalue weighted by Gasteiger charge is 2.19. The highest BCUT2D eigenvalue weighted by Crippen LogP contribution is 2.23. The third kappa shape index (κ3) is 4.31. The second-order valence-corrected chi connectivity index (χ2v) is 8.48. The molecule has 7 heteroatoms. The lowest BCUT2D eigenvalue weighted by Gasteiger charge is -2.26. The van der Waals surface area contributed by atoms with Gasteiger partial charge < -0.3 is 19.9 Å². The smallest absolute Gasteiger partial charge is 0.272 e. The maximum Gasteiger partial charge on any atom is 0.272 e. The predicted molar refractivity (Wildman–Crippen MR) is 122 cm³/mol. The standard InChI is InChI=1S/C23H25N3O3S/c1-3-29-18-6-4-16-13-21(24-20(16)14-18)22(27)25-19-7-5-17(12-15(19)2)23(28)26-8-10-30-11-9-26/h4-7,12-14,24H,3,8-11H2,1-2H3,(H,25,27). The van der Waals surface area contributed by atoms with Gasteiger partial charge in [0.2, 0.25) is 0 Å². The lowest BCUT2D eigenvalue weighted by molar-refractivity contribution is 0.0772. The number of amides is 2. The number of anilines is 1. The number of carbonyl (C=O) groups is 2. The summed E-state index contributed by atoms with van der Waals surface area (Å²) in [6.07, 6.45) is 0. The van der Waals surface area contributed by atoms with Crippen molar-refractivity contribution in [2.45, 2.75) is 13.8 Å². The molecule has 3 aromatic rings. The van der Waals surface area contributed by atoms with Crippen molar-refractivity contribution in [3.05, 3.63) is 59.3 Å². The molecule has 2 amide bonds. The summed E-state index contributed by atoms with van der Waals surface area (Å²) in [7, 11) is 0. The van der Waals surface area contributed by atoms with Gasteiger partial charge in [-0.2, -0.15) is 11.8 Å². The summed E-state index contributed by atoms with van der Waals surface area (Å²) in [5, 5.41) is 3.89. The van der Waals surface area contributed by atoms with Crippen LogP contribution < -0.4 is 10.1 Å². The molecule has 1 aliphatic heterocycles. The van der Waals surface area contributed by atoms with Crippen molar-refractivity contribution in [2.75, 3.05) is 36.5 Å². The molecule has 0 spiro atoms. The van der Waals surface area contributed by atoms with Crippen LogP contribution in [0.5, 0.6) is 5.75 Å². The molecule has 1 saturated heterocycles. The van der Waals surface area contributed by atoms with Crippen LogP contribution in [-0.2, 0) is 0 Å². The number of thioether (sulfide) groups is 1. The minimum atomic E-state index is -0.223. The fourth-order valence-electron chi connectivity index (χ4n) is 3.56. The van der Waals surface area contributed by atoms with E-state index in [4.69, 9.17) is 4.74 Å². The summed E-state index contributed by atoms with van der Waals surface area (Å²) in [4.78, 5) is 30.5. The van der Waals surface area contributed by atoms with E-state index in [0.29, 0.717) is 23.6 Å². The average Bonchev–Trinajstić information content (AvgIpc) is 3.19. The molecule has 2 heterocycles. The molecule has 30 heavy (non-hydrogen) atoms. The molecule has 0 radical (unpaired) electrons. The van der Waals surface area contributed by atoms with E-state index >= 15 is 0 Å². The topological polar surface area (TPSA) is 74.4 Å². The minimum absolute atomic E-state index is 0.0528. The third-order valence-electron chi connectivity index (χ3n) is 5.17. The predicted octanol–water partition coefficient (Wildman–Crippen LogP) is 4.32. The van der Waals surface area contributed by atoms with E-state index in [2.05, 4.69) is 10.3 Å². The van der Waals surface area contributed by atoms with E-state index in [1.165, 1.54) is 0 Å². The van der Waals surface area contributed by atoms with Gasteiger partial charge >= 0.3 is 0 Å². The molecule has 1 aliphatic rings. The Balaban J connectivity index is 1.49. The van der Waals surface area contributed by atoms with Gasteiger partial charge in [0.05, 0.1) is 6.61 Å². The first kappa shape index (κ1) is 20.3. The van der Waals surface area contributed by atoms with Crippen LogP contribution in [0.25, 0.3) is 10.9 Å². The Hall–Kier alpha value is -2.93. The zero-order valence-electron chi connectivity index (χ0n) is 17.2. The molecule has 1 fully saturated rings. The van der Waals surface area contributed by atoms with Crippen LogP contribution in [0.3, 0.4) is 0 Å². The number of ether oxygens (including phenoxy) is 1. The summed E-state index contributed by atoms with van der Waals surface area (Å²) in [5.74, 6) is 2.56. The second-order valence-electron chi connectivity index (χ2n) is 7.25. The van der Waals surface area contributed by atoms with Crippen molar-refractivity contribution in [2.24, 2.45) is 0 Å². The number of aryl methyl sites for hydroxylation is 1. The normalized spacial score (nSPS) is 14.0. The Kier molecular flexibility index (Phi) is 5.99. The fourth-order valence-corrected chi connectivity index (χ4v) is 4.46. The van der Waals surface area contributed by atoms with E-state index in [0.717, 1.165) is 46.8 Å². The Morgan fingerprint density at radius 2 is 1.93 bits per heavy atom. The van der Waals surface area contributed by atoms with Crippen LogP contribution in [0, 0.1) is 6.92 Å². The van der Waals surface area contributed by atoms with Gasteiger partial charge in [-0.25, -0.2) is 0 Å². The Bertz CT molecular complexity index is 1090. The molecule has 156 valence electrons. The number of H-pyrrole nitrogens is 1. The molecule has 0 saturated carbocycles. The van der Waals surface area contributed by atoms with Crippen molar-refractivity contribution in [3.8, 4) is 5.75 Å². The highest BCUT2D eigenvalue weighted by atomic mass is 32.2. The SMILES string of the molecule is CCOc1ccc2cc(C(=O)Nc3ccc(C(=O)N4CCSCC4)cc3C)[nH]c2c1. The number of nitrogens with zero attached hydrogens (tertiary/aromatic N) is 1.